The van der Waals surface area contributed by atoms with Crippen molar-refractivity contribution in [3.63, 3.8) is 0 Å². The van der Waals surface area contributed by atoms with Gasteiger partial charge in [-0.1, -0.05) is 81.4 Å². The standard InChI is InChI=1S/C24H32O3Si/c1-24(2,3)28(20-11-7-5-8-12-20,21-13-9-6-10-14-21)27-18-19-15-16-22(19)23(17-25)26-4/h5-14,17,19,22-23H,15-16,18H2,1-4H3/t19-,22+,23-/m0/s1. The second-order valence-corrected chi connectivity index (χ2v) is 13.1. The highest BCUT2D eigenvalue weighted by molar-refractivity contribution is 6.99. The molecule has 0 bridgehead atoms. The third-order valence-corrected chi connectivity index (χ3v) is 11.2. The van der Waals surface area contributed by atoms with Crippen LogP contribution in [0.3, 0.4) is 0 Å². The fourth-order valence-corrected chi connectivity index (χ4v) is 9.18. The van der Waals surface area contributed by atoms with Gasteiger partial charge in [-0.2, -0.15) is 0 Å². The van der Waals surface area contributed by atoms with Gasteiger partial charge in [0.15, 0.2) is 0 Å². The Morgan fingerprint density at radius 1 is 1.00 bits per heavy atom. The Kier molecular flexibility index (Phi) is 6.53. The lowest BCUT2D eigenvalue weighted by Crippen LogP contribution is -2.67. The van der Waals surface area contributed by atoms with Crippen LogP contribution in [0.2, 0.25) is 5.04 Å². The predicted molar refractivity (Wildman–Crippen MR) is 117 cm³/mol. The van der Waals surface area contributed by atoms with Crippen LogP contribution in [-0.4, -0.2) is 34.4 Å². The van der Waals surface area contributed by atoms with E-state index in [1.807, 2.05) is 0 Å². The van der Waals surface area contributed by atoms with Crippen molar-refractivity contribution < 1.29 is 14.0 Å². The molecule has 1 aliphatic rings. The van der Waals surface area contributed by atoms with E-state index in [2.05, 4.69) is 81.4 Å². The molecule has 0 radical (unpaired) electrons. The Labute approximate surface area is 170 Å². The minimum atomic E-state index is -2.51. The molecule has 0 heterocycles. The van der Waals surface area contributed by atoms with Gasteiger partial charge < -0.3 is 14.0 Å². The fourth-order valence-electron chi connectivity index (χ4n) is 4.56. The summed E-state index contributed by atoms with van der Waals surface area (Å²) < 4.78 is 12.4. The van der Waals surface area contributed by atoms with Gasteiger partial charge in [-0.05, 0) is 40.1 Å². The maximum absolute atomic E-state index is 11.4. The summed E-state index contributed by atoms with van der Waals surface area (Å²) in [5.74, 6) is 0.637. The normalized spacial score (nSPS) is 21.0. The Hall–Kier alpha value is -1.75. The van der Waals surface area contributed by atoms with Crippen molar-refractivity contribution in [1.82, 2.24) is 0 Å². The third kappa shape index (κ3) is 3.86. The molecule has 0 aromatic heterocycles. The smallest absolute Gasteiger partial charge is 0.261 e. The van der Waals surface area contributed by atoms with Crippen LogP contribution in [-0.2, 0) is 14.0 Å². The van der Waals surface area contributed by atoms with Crippen LogP contribution in [0.1, 0.15) is 33.6 Å². The highest BCUT2D eigenvalue weighted by atomic mass is 28.4. The van der Waals surface area contributed by atoms with E-state index in [0.29, 0.717) is 12.5 Å². The first kappa shape index (κ1) is 21.0. The molecule has 28 heavy (non-hydrogen) atoms. The number of rotatable bonds is 8. The molecule has 0 saturated heterocycles. The number of carbonyl (C=O) groups excluding carboxylic acids is 1. The maximum Gasteiger partial charge on any atom is 0.261 e. The van der Waals surface area contributed by atoms with Crippen molar-refractivity contribution >= 4 is 25.0 Å². The van der Waals surface area contributed by atoms with Gasteiger partial charge in [0.2, 0.25) is 0 Å². The van der Waals surface area contributed by atoms with Gasteiger partial charge in [0, 0.05) is 13.7 Å². The Morgan fingerprint density at radius 3 is 1.89 bits per heavy atom. The van der Waals surface area contributed by atoms with E-state index < -0.39 is 8.32 Å². The van der Waals surface area contributed by atoms with E-state index in [1.165, 1.54) is 10.4 Å². The van der Waals surface area contributed by atoms with Crippen LogP contribution in [0.5, 0.6) is 0 Å². The summed E-state index contributed by atoms with van der Waals surface area (Å²) in [4.78, 5) is 11.4. The van der Waals surface area contributed by atoms with Gasteiger partial charge in [-0.25, -0.2) is 0 Å². The zero-order valence-electron chi connectivity index (χ0n) is 17.4. The lowest BCUT2D eigenvalue weighted by atomic mass is 9.71. The van der Waals surface area contributed by atoms with Crippen molar-refractivity contribution in [1.29, 1.82) is 0 Å². The number of hydrogen-bond donors (Lipinski definition) is 0. The van der Waals surface area contributed by atoms with Gasteiger partial charge in [-0.3, -0.25) is 0 Å². The Balaban J connectivity index is 1.96. The molecule has 1 fully saturated rings. The number of benzene rings is 2. The zero-order chi connectivity index (χ0) is 20.2. The summed E-state index contributed by atoms with van der Waals surface area (Å²) in [6, 6.07) is 21.4. The van der Waals surface area contributed by atoms with Crippen LogP contribution in [0.15, 0.2) is 60.7 Å². The molecular formula is C24H32O3Si. The van der Waals surface area contributed by atoms with Crippen molar-refractivity contribution in [3.05, 3.63) is 60.7 Å². The topological polar surface area (TPSA) is 35.5 Å². The summed E-state index contributed by atoms with van der Waals surface area (Å²) in [6.07, 6.45) is 2.75. The lowest BCUT2D eigenvalue weighted by Gasteiger charge is -2.46. The van der Waals surface area contributed by atoms with Crippen molar-refractivity contribution in [2.45, 2.75) is 44.8 Å². The molecule has 2 aromatic carbocycles. The molecule has 1 aliphatic carbocycles. The molecule has 0 aliphatic heterocycles. The fraction of sp³-hybridized carbons (Fsp3) is 0.458. The number of aldehydes is 1. The molecule has 1 saturated carbocycles. The quantitative estimate of drug-likeness (QED) is 0.503. The molecular weight excluding hydrogens is 364 g/mol. The Morgan fingerprint density at radius 2 is 1.54 bits per heavy atom. The molecule has 0 spiro atoms. The summed E-state index contributed by atoms with van der Waals surface area (Å²) >= 11 is 0. The van der Waals surface area contributed by atoms with Crippen LogP contribution in [0.4, 0.5) is 0 Å². The van der Waals surface area contributed by atoms with Gasteiger partial charge in [0.05, 0.1) is 0 Å². The third-order valence-electron chi connectivity index (χ3n) is 6.24. The molecule has 3 rings (SSSR count). The number of hydrogen-bond acceptors (Lipinski definition) is 3. The highest BCUT2D eigenvalue weighted by Gasteiger charge is 2.51. The SMILES string of the molecule is CO[C@@H](C=O)[C@@H]1CC[C@H]1CO[Si](c1ccccc1)(c1ccccc1)C(C)(C)C. The van der Waals surface area contributed by atoms with Gasteiger partial charge in [0.1, 0.15) is 12.4 Å². The van der Waals surface area contributed by atoms with E-state index in [-0.39, 0.29) is 17.1 Å². The molecule has 4 heteroatoms. The van der Waals surface area contributed by atoms with Gasteiger partial charge >= 0.3 is 0 Å². The summed E-state index contributed by atoms with van der Waals surface area (Å²) in [5.41, 5.74) is 0. The van der Waals surface area contributed by atoms with Crippen LogP contribution in [0.25, 0.3) is 0 Å². The summed E-state index contributed by atoms with van der Waals surface area (Å²) in [6.45, 7) is 7.55. The highest BCUT2D eigenvalue weighted by Crippen LogP contribution is 2.41. The number of carbonyl (C=O) groups is 1. The Bertz CT molecular complexity index is 715. The van der Waals surface area contributed by atoms with Crippen molar-refractivity contribution in [2.24, 2.45) is 11.8 Å². The molecule has 150 valence electrons. The van der Waals surface area contributed by atoms with E-state index in [1.54, 1.807) is 7.11 Å². The predicted octanol–water partition coefficient (Wildman–Crippen LogP) is 3.80. The van der Waals surface area contributed by atoms with Crippen molar-refractivity contribution in [3.8, 4) is 0 Å². The maximum atomic E-state index is 11.4. The summed E-state index contributed by atoms with van der Waals surface area (Å²) in [5, 5.41) is 2.56. The number of ether oxygens (including phenoxy) is 1. The molecule has 0 unspecified atom stereocenters. The minimum absolute atomic E-state index is 0.0275. The zero-order valence-corrected chi connectivity index (χ0v) is 18.4. The summed E-state index contributed by atoms with van der Waals surface area (Å²) in [7, 11) is -0.886. The molecule has 0 amide bonds. The van der Waals surface area contributed by atoms with Crippen molar-refractivity contribution in [2.75, 3.05) is 13.7 Å². The second-order valence-electron chi connectivity index (χ2n) is 8.81. The lowest BCUT2D eigenvalue weighted by molar-refractivity contribution is -0.124. The van der Waals surface area contributed by atoms with Crippen LogP contribution >= 0.6 is 0 Å². The second kappa shape index (κ2) is 8.72. The molecule has 2 aromatic rings. The molecule has 3 nitrogen and oxygen atoms in total. The monoisotopic (exact) mass is 396 g/mol. The first-order valence-corrected chi connectivity index (χ1v) is 12.1. The first-order valence-electron chi connectivity index (χ1n) is 10.2. The largest absolute Gasteiger partial charge is 0.407 e. The van der Waals surface area contributed by atoms with E-state index in [0.717, 1.165) is 19.1 Å². The number of methoxy groups -OCH3 is 1. The van der Waals surface area contributed by atoms with Crippen LogP contribution in [0, 0.1) is 11.8 Å². The molecule has 0 N–H and O–H groups in total. The van der Waals surface area contributed by atoms with E-state index in [9.17, 15) is 4.79 Å². The van der Waals surface area contributed by atoms with Gasteiger partial charge in [-0.15, -0.1) is 0 Å². The van der Waals surface area contributed by atoms with E-state index >= 15 is 0 Å². The first-order chi connectivity index (χ1) is 13.4. The minimum Gasteiger partial charge on any atom is -0.407 e. The van der Waals surface area contributed by atoms with Gasteiger partial charge in [0.25, 0.3) is 8.32 Å². The average molecular weight is 397 g/mol. The molecule has 3 atom stereocenters. The van der Waals surface area contributed by atoms with E-state index in [4.69, 9.17) is 9.16 Å². The van der Waals surface area contributed by atoms with Crippen LogP contribution < -0.4 is 10.4 Å². The average Bonchev–Trinajstić information content (AvgIpc) is 2.68.